The molecule has 4 aromatic carbocycles. The Kier molecular flexibility index (Phi) is 10.2. The SMILES string of the molecule is CCC(CC)(NC(=O)c1ccc2ccc3cccc4ccc1c2c34)C(=O)NC(CC)(CC)C(=O)NC(CC)(CC)C(=O)OC(C)(C)C. The van der Waals surface area contributed by atoms with Crippen molar-refractivity contribution in [3.8, 4) is 0 Å². The van der Waals surface area contributed by atoms with Gasteiger partial charge in [-0.3, -0.25) is 14.4 Å². The number of benzene rings is 4. The monoisotopic (exact) mass is 641 g/mol. The fraction of sp³-hybridized carbons (Fsp3) is 0.487. The number of hydrogen-bond acceptors (Lipinski definition) is 5. The van der Waals surface area contributed by atoms with Gasteiger partial charge in [0.05, 0.1) is 0 Å². The zero-order valence-electron chi connectivity index (χ0n) is 29.5. The third kappa shape index (κ3) is 6.52. The molecule has 0 bridgehead atoms. The molecule has 47 heavy (non-hydrogen) atoms. The normalized spacial score (nSPS) is 12.8. The number of ether oxygens (including phenoxy) is 1. The van der Waals surface area contributed by atoms with Gasteiger partial charge in [0, 0.05) is 5.56 Å². The molecular weight excluding hydrogens is 590 g/mol. The molecule has 0 spiro atoms. The largest absolute Gasteiger partial charge is 0.458 e. The van der Waals surface area contributed by atoms with Crippen molar-refractivity contribution in [3.63, 3.8) is 0 Å². The lowest BCUT2D eigenvalue weighted by Crippen LogP contribution is -2.69. The molecule has 0 aliphatic rings. The molecule has 0 saturated heterocycles. The number of rotatable bonds is 13. The molecule has 0 heterocycles. The summed E-state index contributed by atoms with van der Waals surface area (Å²) in [5.74, 6) is -1.76. The zero-order chi connectivity index (χ0) is 34.8. The van der Waals surface area contributed by atoms with Gasteiger partial charge >= 0.3 is 5.97 Å². The van der Waals surface area contributed by atoms with Crippen LogP contribution in [0.15, 0.2) is 54.6 Å². The van der Waals surface area contributed by atoms with Gasteiger partial charge in [0.2, 0.25) is 11.8 Å². The molecule has 3 amide bonds. The lowest BCUT2D eigenvalue weighted by Gasteiger charge is -2.41. The van der Waals surface area contributed by atoms with E-state index in [1.165, 1.54) is 0 Å². The molecule has 0 aromatic heterocycles. The van der Waals surface area contributed by atoms with Gasteiger partial charge in [0.15, 0.2) is 0 Å². The van der Waals surface area contributed by atoms with Crippen molar-refractivity contribution >= 4 is 56.0 Å². The summed E-state index contributed by atoms with van der Waals surface area (Å²) >= 11 is 0. The van der Waals surface area contributed by atoms with Crippen LogP contribution < -0.4 is 16.0 Å². The van der Waals surface area contributed by atoms with Crippen LogP contribution in [0.3, 0.4) is 0 Å². The fourth-order valence-corrected chi connectivity index (χ4v) is 6.64. The van der Waals surface area contributed by atoms with Gasteiger partial charge in [-0.05, 0) is 97.7 Å². The number of carbonyl (C=O) groups excluding carboxylic acids is 4. The number of amides is 3. The Hall–Kier alpha value is -4.20. The number of esters is 1. The molecule has 0 unspecified atom stereocenters. The predicted octanol–water partition coefficient (Wildman–Crippen LogP) is 7.56. The third-order valence-corrected chi connectivity index (χ3v) is 10.1. The predicted molar refractivity (Wildman–Crippen MR) is 190 cm³/mol. The smallest absolute Gasteiger partial charge is 0.332 e. The molecule has 0 saturated carbocycles. The van der Waals surface area contributed by atoms with Gasteiger partial charge in [0.1, 0.15) is 22.2 Å². The molecule has 0 aliphatic heterocycles. The van der Waals surface area contributed by atoms with E-state index in [1.54, 1.807) is 20.8 Å². The van der Waals surface area contributed by atoms with E-state index >= 15 is 0 Å². The summed E-state index contributed by atoms with van der Waals surface area (Å²) in [6.45, 7) is 16.4. The number of nitrogens with one attached hydrogen (secondary N) is 3. The van der Waals surface area contributed by atoms with Crippen LogP contribution in [-0.2, 0) is 19.1 Å². The van der Waals surface area contributed by atoms with Crippen LogP contribution >= 0.6 is 0 Å². The highest BCUT2D eigenvalue weighted by molar-refractivity contribution is 6.26. The molecule has 8 nitrogen and oxygen atoms in total. The summed E-state index contributed by atoms with van der Waals surface area (Å²) in [5.41, 5.74) is -4.10. The first-order chi connectivity index (χ1) is 22.2. The first kappa shape index (κ1) is 35.7. The van der Waals surface area contributed by atoms with Gasteiger partial charge in [-0.25, -0.2) is 4.79 Å². The molecule has 4 aromatic rings. The average Bonchev–Trinajstić information content (AvgIpc) is 3.06. The standard InChI is InChI=1S/C39H51N3O5/c1-10-37(11-2,33(44)41-38(12-3,13-4)34(45)42-39(14-5,15-6)35(46)47-36(7,8)9)40-32(43)29-24-22-27-20-19-25-17-16-18-26-21-23-28(29)31(27)30(25)26/h16-24H,10-15H2,1-9H3,(H,40,43)(H,41,44)(H,42,45). The van der Waals surface area contributed by atoms with Crippen LogP contribution in [-0.4, -0.2) is 45.9 Å². The Morgan fingerprint density at radius 2 is 0.979 bits per heavy atom. The van der Waals surface area contributed by atoms with Crippen molar-refractivity contribution in [2.75, 3.05) is 0 Å². The van der Waals surface area contributed by atoms with E-state index in [0.717, 1.165) is 32.3 Å². The maximum absolute atomic E-state index is 14.3. The van der Waals surface area contributed by atoms with Crippen LogP contribution in [0.5, 0.6) is 0 Å². The highest BCUT2D eigenvalue weighted by Crippen LogP contribution is 2.36. The molecule has 0 aliphatic carbocycles. The van der Waals surface area contributed by atoms with Gasteiger partial charge in [-0.15, -0.1) is 0 Å². The van der Waals surface area contributed by atoms with Gasteiger partial charge in [0.25, 0.3) is 5.91 Å². The maximum Gasteiger partial charge on any atom is 0.332 e. The van der Waals surface area contributed by atoms with E-state index in [9.17, 15) is 19.2 Å². The number of hydrogen-bond donors (Lipinski definition) is 3. The Labute approximate surface area is 278 Å². The number of carbonyl (C=O) groups is 4. The summed E-state index contributed by atoms with van der Waals surface area (Å²) in [6, 6.07) is 18.1. The highest BCUT2D eigenvalue weighted by atomic mass is 16.6. The molecule has 8 heteroatoms. The molecular formula is C39H51N3O5. The summed E-state index contributed by atoms with van der Waals surface area (Å²) in [6.07, 6.45) is 1.83. The minimum atomic E-state index is -1.32. The minimum Gasteiger partial charge on any atom is -0.458 e. The van der Waals surface area contributed by atoms with Crippen LogP contribution in [0.2, 0.25) is 0 Å². The quantitative estimate of drug-likeness (QED) is 0.103. The summed E-state index contributed by atoms with van der Waals surface area (Å²) < 4.78 is 5.70. The Bertz CT molecular complexity index is 1760. The van der Waals surface area contributed by atoms with Crippen molar-refractivity contribution in [3.05, 3.63) is 60.2 Å². The molecule has 3 N–H and O–H groups in total. The third-order valence-electron chi connectivity index (χ3n) is 10.1. The van der Waals surface area contributed by atoms with E-state index in [1.807, 2.05) is 71.9 Å². The molecule has 0 radical (unpaired) electrons. The van der Waals surface area contributed by atoms with Crippen molar-refractivity contribution in [2.45, 2.75) is 123 Å². The van der Waals surface area contributed by atoms with Crippen LogP contribution in [0.4, 0.5) is 0 Å². The average molecular weight is 642 g/mol. The summed E-state index contributed by atoms with van der Waals surface area (Å²) in [5, 5.41) is 15.3. The topological polar surface area (TPSA) is 114 Å². The van der Waals surface area contributed by atoms with Crippen LogP contribution in [0.25, 0.3) is 32.3 Å². The van der Waals surface area contributed by atoms with E-state index in [4.69, 9.17) is 4.74 Å². The van der Waals surface area contributed by atoms with Gasteiger partial charge in [-0.2, -0.15) is 0 Å². The lowest BCUT2D eigenvalue weighted by atomic mass is 9.84. The van der Waals surface area contributed by atoms with Crippen molar-refractivity contribution in [1.29, 1.82) is 0 Å². The molecule has 4 rings (SSSR count). The van der Waals surface area contributed by atoms with Crippen molar-refractivity contribution in [1.82, 2.24) is 16.0 Å². The highest BCUT2D eigenvalue weighted by Gasteiger charge is 2.48. The first-order valence-electron chi connectivity index (χ1n) is 17.1. The second kappa shape index (κ2) is 13.5. The molecule has 0 fully saturated rings. The van der Waals surface area contributed by atoms with Crippen LogP contribution in [0, 0.1) is 0 Å². The van der Waals surface area contributed by atoms with Gasteiger partial charge in [-0.1, -0.05) is 90.1 Å². The molecule has 252 valence electrons. The first-order valence-corrected chi connectivity index (χ1v) is 17.1. The fourth-order valence-electron chi connectivity index (χ4n) is 6.64. The Morgan fingerprint density at radius 1 is 0.553 bits per heavy atom. The maximum atomic E-state index is 14.3. The van der Waals surface area contributed by atoms with E-state index in [-0.39, 0.29) is 18.7 Å². The van der Waals surface area contributed by atoms with Crippen molar-refractivity contribution in [2.24, 2.45) is 0 Å². The van der Waals surface area contributed by atoms with Crippen LogP contribution in [0.1, 0.15) is 111 Å². The van der Waals surface area contributed by atoms with E-state index in [0.29, 0.717) is 31.2 Å². The Morgan fingerprint density at radius 3 is 1.47 bits per heavy atom. The Balaban J connectivity index is 1.66. The van der Waals surface area contributed by atoms with Gasteiger partial charge < -0.3 is 20.7 Å². The summed E-state index contributed by atoms with van der Waals surface area (Å²) in [7, 11) is 0. The van der Waals surface area contributed by atoms with E-state index in [2.05, 4.69) is 40.2 Å². The zero-order valence-corrected chi connectivity index (χ0v) is 29.5. The second-order valence-electron chi connectivity index (χ2n) is 13.7. The van der Waals surface area contributed by atoms with Crippen molar-refractivity contribution < 1.29 is 23.9 Å². The second-order valence-corrected chi connectivity index (χ2v) is 13.7. The lowest BCUT2D eigenvalue weighted by molar-refractivity contribution is -0.166. The van der Waals surface area contributed by atoms with E-state index < -0.39 is 40.0 Å². The molecule has 0 atom stereocenters. The summed E-state index contributed by atoms with van der Waals surface area (Å²) in [4.78, 5) is 55.8. The minimum absolute atomic E-state index is 0.283.